The Hall–Kier alpha value is -2.59. The maximum absolute atomic E-state index is 13.3. The molecule has 2 heterocycles. The molecule has 1 aliphatic heterocycles. The summed E-state index contributed by atoms with van der Waals surface area (Å²) in [6, 6.07) is 15.2. The third-order valence-corrected chi connectivity index (χ3v) is 7.59. The number of aryl methyl sites for hydroxylation is 1. The van der Waals surface area contributed by atoms with Gasteiger partial charge < -0.3 is 4.90 Å². The molecule has 5 rings (SSSR count). The minimum absolute atomic E-state index is 0.134. The van der Waals surface area contributed by atoms with E-state index in [0.29, 0.717) is 21.6 Å². The van der Waals surface area contributed by atoms with E-state index in [4.69, 9.17) is 0 Å². The molecule has 2 fully saturated rings. The van der Waals surface area contributed by atoms with E-state index in [2.05, 4.69) is 4.90 Å². The van der Waals surface area contributed by atoms with E-state index in [1.807, 2.05) is 34.7 Å². The van der Waals surface area contributed by atoms with E-state index in [1.54, 1.807) is 30.3 Å². The Bertz CT molecular complexity index is 1320. The molecule has 8 heteroatoms. The van der Waals surface area contributed by atoms with E-state index < -0.39 is 17.2 Å². The van der Waals surface area contributed by atoms with E-state index in [0.717, 1.165) is 37.0 Å². The fourth-order valence-corrected chi connectivity index (χ4v) is 5.65. The van der Waals surface area contributed by atoms with Crippen LogP contribution in [-0.4, -0.2) is 39.6 Å². The average molecular weight is 559 g/mol. The van der Waals surface area contributed by atoms with E-state index in [1.165, 1.54) is 28.5 Å². The Labute approximate surface area is 203 Å². The Morgan fingerprint density at radius 1 is 1.06 bits per heavy atom. The van der Waals surface area contributed by atoms with Gasteiger partial charge in [-0.15, -0.1) is 0 Å². The molecule has 1 saturated heterocycles. The maximum Gasteiger partial charge on any atom is 0.338 e. The number of piperidine rings is 1. The number of halogens is 2. The topological polar surface area (TPSA) is 64.3 Å². The van der Waals surface area contributed by atoms with Gasteiger partial charge in [-0.25, -0.2) is 9.18 Å². The summed E-state index contributed by atoms with van der Waals surface area (Å²) in [4.78, 5) is 40.7. The van der Waals surface area contributed by atoms with Crippen LogP contribution in [0.25, 0.3) is 0 Å². The first-order valence-electron chi connectivity index (χ1n) is 11.0. The highest BCUT2D eigenvalue weighted by Gasteiger charge is 2.60. The van der Waals surface area contributed by atoms with E-state index in [-0.39, 0.29) is 11.2 Å². The number of nitrogens with zero attached hydrogens (tertiary/aromatic N) is 3. The van der Waals surface area contributed by atoms with Gasteiger partial charge in [0.15, 0.2) is 0 Å². The average Bonchev–Trinajstić information content (AvgIpc) is 3.39. The second-order valence-electron chi connectivity index (χ2n) is 8.92. The monoisotopic (exact) mass is 559 g/mol. The number of hydrogen-bond donors (Lipinski definition) is 0. The molecule has 2 aliphatic rings. The Balaban J connectivity index is 1.27. The summed E-state index contributed by atoms with van der Waals surface area (Å²) in [5.41, 5.74) is 0.434. The van der Waals surface area contributed by atoms with Crippen LogP contribution in [0.4, 0.5) is 4.39 Å². The lowest BCUT2D eigenvalue weighted by molar-refractivity contribution is 0.0948. The van der Waals surface area contributed by atoms with Crippen LogP contribution in [0.2, 0.25) is 0 Å². The molecular formula is C25H23FIN3O3. The summed E-state index contributed by atoms with van der Waals surface area (Å²) in [5.74, 6) is -0.231. The molecule has 0 bridgehead atoms. The predicted molar refractivity (Wildman–Crippen MR) is 131 cm³/mol. The third-order valence-electron chi connectivity index (χ3n) is 6.85. The molecule has 1 aromatic heterocycles. The van der Waals surface area contributed by atoms with Crippen LogP contribution >= 0.6 is 22.6 Å². The van der Waals surface area contributed by atoms with Crippen molar-refractivity contribution < 1.29 is 9.18 Å². The lowest BCUT2D eigenvalue weighted by Gasteiger charge is -2.21. The number of carbonyl (C=O) groups excluding carboxylic acids is 1. The standard InChI is InChI=1S/C25H23FIN3O3/c26-20-9-7-18(8-10-20)25-13-19(25)14-28(16-25)11-4-12-29-15-21(27)23(32)30(24(29)33)22(31)17-5-2-1-3-6-17/h1-3,5-10,15,19H,4,11-14,16H2/t19?,25-/m1/s1. The number of carbonyl (C=O) groups is 1. The van der Waals surface area contributed by atoms with Crippen LogP contribution in [0.5, 0.6) is 0 Å². The van der Waals surface area contributed by atoms with Gasteiger partial charge in [0.1, 0.15) is 5.82 Å². The second-order valence-corrected chi connectivity index (χ2v) is 10.1. The van der Waals surface area contributed by atoms with Crippen molar-refractivity contribution in [3.8, 4) is 0 Å². The van der Waals surface area contributed by atoms with Gasteiger partial charge in [-0.3, -0.25) is 14.2 Å². The Morgan fingerprint density at radius 3 is 2.52 bits per heavy atom. The molecule has 6 nitrogen and oxygen atoms in total. The third kappa shape index (κ3) is 4.10. The lowest BCUT2D eigenvalue weighted by atomic mass is 9.95. The summed E-state index contributed by atoms with van der Waals surface area (Å²) >= 11 is 1.87. The molecule has 2 atom stereocenters. The minimum Gasteiger partial charge on any atom is -0.302 e. The van der Waals surface area contributed by atoms with Crippen molar-refractivity contribution in [1.82, 2.24) is 14.0 Å². The van der Waals surface area contributed by atoms with E-state index in [9.17, 15) is 18.8 Å². The molecule has 170 valence electrons. The molecule has 0 radical (unpaired) electrons. The SMILES string of the molecule is O=C(c1ccccc1)n1c(=O)c(I)cn(CCCN2CC3C[C@]3(c3ccc(F)cc3)C2)c1=O. The lowest BCUT2D eigenvalue weighted by Crippen LogP contribution is -2.45. The smallest absolute Gasteiger partial charge is 0.302 e. The number of benzene rings is 2. The fourth-order valence-electron chi connectivity index (χ4n) is 5.07. The van der Waals surface area contributed by atoms with Gasteiger partial charge in [-0.05, 0) is 77.7 Å². The van der Waals surface area contributed by atoms with Crippen molar-refractivity contribution in [1.29, 1.82) is 0 Å². The van der Waals surface area contributed by atoms with Crippen LogP contribution in [0, 0.1) is 15.3 Å². The first kappa shape index (κ1) is 22.2. The zero-order chi connectivity index (χ0) is 23.2. The molecule has 3 aromatic rings. The van der Waals surface area contributed by atoms with Crippen molar-refractivity contribution in [2.45, 2.75) is 24.8 Å². The fraction of sp³-hybridized carbons (Fsp3) is 0.320. The first-order chi connectivity index (χ1) is 15.9. The molecule has 0 spiro atoms. The van der Waals surface area contributed by atoms with Crippen molar-refractivity contribution >= 4 is 28.5 Å². The predicted octanol–water partition coefficient (Wildman–Crippen LogP) is 3.11. The quantitative estimate of drug-likeness (QED) is 0.436. The van der Waals surface area contributed by atoms with Crippen LogP contribution in [0.15, 0.2) is 70.4 Å². The van der Waals surface area contributed by atoms with Gasteiger partial charge >= 0.3 is 5.69 Å². The van der Waals surface area contributed by atoms with Crippen LogP contribution in [-0.2, 0) is 12.0 Å². The second kappa shape index (κ2) is 8.64. The molecule has 0 amide bonds. The summed E-state index contributed by atoms with van der Waals surface area (Å²) in [5, 5.41) is 0. The molecule has 33 heavy (non-hydrogen) atoms. The van der Waals surface area contributed by atoms with Gasteiger partial charge in [-0.1, -0.05) is 30.3 Å². The number of hydrogen-bond acceptors (Lipinski definition) is 4. The maximum atomic E-state index is 13.3. The summed E-state index contributed by atoms with van der Waals surface area (Å²) in [6.45, 7) is 3.16. The first-order valence-corrected chi connectivity index (χ1v) is 12.1. The van der Waals surface area contributed by atoms with E-state index >= 15 is 0 Å². The normalized spacial score (nSPS) is 21.7. The van der Waals surface area contributed by atoms with Crippen molar-refractivity contribution in [2.24, 2.45) is 5.92 Å². The van der Waals surface area contributed by atoms with Crippen LogP contribution in [0.3, 0.4) is 0 Å². The Morgan fingerprint density at radius 2 is 1.79 bits per heavy atom. The Kier molecular flexibility index (Phi) is 5.82. The zero-order valence-corrected chi connectivity index (χ0v) is 20.1. The molecule has 1 aliphatic carbocycles. The van der Waals surface area contributed by atoms with Crippen molar-refractivity contribution in [3.05, 3.63) is 102 Å². The highest BCUT2D eigenvalue weighted by Crippen LogP contribution is 2.58. The number of aromatic nitrogens is 2. The molecule has 0 N–H and O–H groups in total. The van der Waals surface area contributed by atoms with Gasteiger partial charge in [-0.2, -0.15) is 4.57 Å². The number of rotatable bonds is 6. The highest BCUT2D eigenvalue weighted by atomic mass is 127. The highest BCUT2D eigenvalue weighted by molar-refractivity contribution is 14.1. The number of fused-ring (bicyclic) bond motifs is 1. The van der Waals surface area contributed by atoms with Crippen LogP contribution < -0.4 is 11.2 Å². The molecule has 2 aromatic carbocycles. The largest absolute Gasteiger partial charge is 0.338 e. The summed E-state index contributed by atoms with van der Waals surface area (Å²) in [6.07, 6.45) is 3.39. The molecular weight excluding hydrogens is 536 g/mol. The minimum atomic E-state index is -0.612. The van der Waals surface area contributed by atoms with Crippen LogP contribution in [0.1, 0.15) is 28.8 Å². The van der Waals surface area contributed by atoms with Crippen molar-refractivity contribution in [3.63, 3.8) is 0 Å². The molecule has 1 unspecified atom stereocenters. The summed E-state index contributed by atoms with van der Waals surface area (Å²) < 4.78 is 15.8. The van der Waals surface area contributed by atoms with Gasteiger partial charge in [0.2, 0.25) is 0 Å². The molecule has 1 saturated carbocycles. The van der Waals surface area contributed by atoms with Gasteiger partial charge in [0, 0.05) is 36.8 Å². The number of likely N-dealkylation sites (tertiary alicyclic amines) is 1. The van der Waals surface area contributed by atoms with Gasteiger partial charge in [0.25, 0.3) is 11.5 Å². The van der Waals surface area contributed by atoms with Crippen molar-refractivity contribution in [2.75, 3.05) is 19.6 Å². The zero-order valence-electron chi connectivity index (χ0n) is 17.9. The summed E-state index contributed by atoms with van der Waals surface area (Å²) in [7, 11) is 0. The van der Waals surface area contributed by atoms with Gasteiger partial charge in [0.05, 0.1) is 3.57 Å².